The first kappa shape index (κ1) is 29.4. The zero-order valence-corrected chi connectivity index (χ0v) is 22.0. The number of anilines is 3. The van der Waals surface area contributed by atoms with Crippen molar-refractivity contribution in [2.24, 2.45) is 16.6 Å². The average molecular weight is 544 g/mol. The largest absolute Gasteiger partial charge is 0.396 e. The number of amides is 1. The number of carbonyl (C=O) groups excluding carboxylic acids is 1. The van der Waals surface area contributed by atoms with Gasteiger partial charge >= 0.3 is 0 Å². The van der Waals surface area contributed by atoms with Crippen molar-refractivity contribution >= 4 is 29.7 Å². The molecule has 0 bridgehead atoms. The molecule has 39 heavy (non-hydrogen) atoms. The van der Waals surface area contributed by atoms with E-state index in [-0.39, 0.29) is 11.7 Å². The molecule has 1 aromatic heterocycles. The molecule has 1 amide bonds. The van der Waals surface area contributed by atoms with Crippen molar-refractivity contribution in [3.63, 3.8) is 0 Å². The molecular formula is C27H32F3N7O2. The van der Waals surface area contributed by atoms with Gasteiger partial charge in [-0.3, -0.25) is 14.6 Å². The van der Waals surface area contributed by atoms with Crippen molar-refractivity contribution < 1.29 is 18.0 Å². The van der Waals surface area contributed by atoms with Crippen LogP contribution in [0.1, 0.15) is 31.5 Å². The fourth-order valence-corrected chi connectivity index (χ4v) is 4.13. The van der Waals surface area contributed by atoms with Crippen LogP contribution in [-0.2, 0) is 4.79 Å². The number of nitrogens with two attached hydrogens (primary N) is 2. The Morgan fingerprint density at radius 3 is 2.44 bits per heavy atom. The van der Waals surface area contributed by atoms with Gasteiger partial charge in [0.1, 0.15) is 11.5 Å². The first-order valence-electron chi connectivity index (χ1n) is 12.4. The molecule has 0 unspecified atom stereocenters. The molecule has 3 aromatic rings. The second-order valence-electron chi connectivity index (χ2n) is 9.35. The van der Waals surface area contributed by atoms with E-state index >= 15 is 0 Å². The van der Waals surface area contributed by atoms with E-state index in [0.29, 0.717) is 41.5 Å². The Morgan fingerprint density at radius 1 is 1.15 bits per heavy atom. The Balaban J connectivity index is 0.000000230. The number of nitrogens with one attached hydrogen (secondary N) is 1. The van der Waals surface area contributed by atoms with Gasteiger partial charge in [0.2, 0.25) is 6.41 Å². The topological polar surface area (TPSA) is 132 Å². The number of nitrogens with zero attached hydrogens (tertiary/aromatic N) is 4. The predicted molar refractivity (Wildman–Crippen MR) is 147 cm³/mol. The number of para-hydroxylation sites is 1. The molecule has 2 aromatic carbocycles. The van der Waals surface area contributed by atoms with Crippen molar-refractivity contribution in [3.05, 3.63) is 75.5 Å². The van der Waals surface area contributed by atoms with Crippen LogP contribution in [0.25, 0.3) is 5.69 Å². The highest BCUT2D eigenvalue weighted by Gasteiger charge is 2.27. The van der Waals surface area contributed by atoms with Gasteiger partial charge in [0.25, 0.3) is 5.56 Å². The van der Waals surface area contributed by atoms with Crippen LogP contribution in [0.4, 0.5) is 30.2 Å². The molecule has 1 aliphatic rings. The van der Waals surface area contributed by atoms with Crippen molar-refractivity contribution in [2.75, 3.05) is 35.6 Å². The van der Waals surface area contributed by atoms with Crippen LogP contribution in [-0.4, -0.2) is 48.1 Å². The van der Waals surface area contributed by atoms with Crippen LogP contribution in [0.3, 0.4) is 0 Å². The highest BCUT2D eigenvalue weighted by atomic mass is 19.1. The third-order valence-corrected chi connectivity index (χ3v) is 6.06. The van der Waals surface area contributed by atoms with Gasteiger partial charge in [-0.1, -0.05) is 6.07 Å². The first-order chi connectivity index (χ1) is 18.6. The number of carbonyl (C=O) groups is 1. The number of aliphatic imine (C=N–C) groups is 1. The van der Waals surface area contributed by atoms with Gasteiger partial charge in [-0.15, -0.1) is 0 Å². The fourth-order valence-electron chi connectivity index (χ4n) is 4.13. The summed E-state index contributed by atoms with van der Waals surface area (Å²) in [5, 5.41) is 6.36. The van der Waals surface area contributed by atoms with Crippen molar-refractivity contribution in [3.8, 4) is 5.69 Å². The standard InChI is InChI=1S/C16H24FN5O.C11H8F2N2O/c1-10(2)20-7-12-15(19)13(17)5-14(21-9-23)16(12)22-4-3-11(6-18)8-22;1-7-5-6-10(16)15(14-7)11-8(12)3-2-4-9(11)13/h5,7,9-11H,3-4,6,8,18-19H2,1-2H3,(H,21,23);2-6H,1H3/t11-;/m0./s1. The molecule has 0 aliphatic carbocycles. The van der Waals surface area contributed by atoms with Gasteiger partial charge in [-0.2, -0.15) is 9.78 Å². The summed E-state index contributed by atoms with van der Waals surface area (Å²) >= 11 is 0. The Morgan fingerprint density at radius 2 is 1.85 bits per heavy atom. The molecule has 4 rings (SSSR count). The third-order valence-electron chi connectivity index (χ3n) is 6.06. The number of aromatic nitrogens is 2. The average Bonchev–Trinajstić information content (AvgIpc) is 3.36. The van der Waals surface area contributed by atoms with Crippen LogP contribution in [0.15, 0.2) is 46.2 Å². The zero-order valence-electron chi connectivity index (χ0n) is 22.0. The SMILES string of the molecule is CC(C)N=Cc1c(N)c(F)cc(NC=O)c1N1CC[C@@H](CN)C1.Cc1ccc(=O)n(-c2c(F)cccc2F)n1. The number of halogens is 3. The monoisotopic (exact) mass is 543 g/mol. The van der Waals surface area contributed by atoms with E-state index in [1.807, 2.05) is 13.8 Å². The zero-order chi connectivity index (χ0) is 28.7. The van der Waals surface area contributed by atoms with E-state index in [4.69, 9.17) is 11.5 Å². The smallest absolute Gasteiger partial charge is 0.271 e. The van der Waals surface area contributed by atoms with Gasteiger partial charge < -0.3 is 21.7 Å². The molecule has 5 N–H and O–H groups in total. The lowest BCUT2D eigenvalue weighted by Crippen LogP contribution is -2.25. The van der Waals surface area contributed by atoms with E-state index in [1.54, 1.807) is 13.1 Å². The summed E-state index contributed by atoms with van der Waals surface area (Å²) < 4.78 is 41.7. The highest BCUT2D eigenvalue weighted by Crippen LogP contribution is 2.37. The van der Waals surface area contributed by atoms with E-state index in [0.717, 1.165) is 36.3 Å². The normalized spacial score (nSPS) is 15.0. The molecule has 1 atom stereocenters. The minimum atomic E-state index is -0.819. The summed E-state index contributed by atoms with van der Waals surface area (Å²) in [6.45, 7) is 7.61. The summed E-state index contributed by atoms with van der Waals surface area (Å²) in [6, 6.07) is 7.40. The summed E-state index contributed by atoms with van der Waals surface area (Å²) in [4.78, 5) is 28.8. The lowest BCUT2D eigenvalue weighted by Gasteiger charge is -2.25. The maximum absolute atomic E-state index is 14.1. The molecule has 0 spiro atoms. The number of benzene rings is 2. The van der Waals surface area contributed by atoms with Gasteiger partial charge in [0, 0.05) is 43.0 Å². The van der Waals surface area contributed by atoms with Crippen molar-refractivity contribution in [1.29, 1.82) is 0 Å². The molecule has 0 radical (unpaired) electrons. The Bertz CT molecular complexity index is 1390. The van der Waals surface area contributed by atoms with Crippen molar-refractivity contribution in [2.45, 2.75) is 33.2 Å². The van der Waals surface area contributed by atoms with Gasteiger partial charge in [-0.05, 0) is 57.9 Å². The quantitative estimate of drug-likeness (QED) is 0.238. The highest BCUT2D eigenvalue weighted by molar-refractivity contribution is 6.01. The number of nitrogen functional groups attached to an aromatic ring is 1. The molecular weight excluding hydrogens is 511 g/mol. The Kier molecular flexibility index (Phi) is 9.83. The summed E-state index contributed by atoms with van der Waals surface area (Å²) in [6.07, 6.45) is 3.08. The number of aryl methyl sites for hydroxylation is 1. The van der Waals surface area contributed by atoms with E-state index in [9.17, 15) is 22.8 Å². The fraction of sp³-hybridized carbons (Fsp3) is 0.333. The molecule has 208 valence electrons. The summed E-state index contributed by atoms with van der Waals surface area (Å²) in [5.74, 6) is -1.83. The second kappa shape index (κ2) is 13.1. The third kappa shape index (κ3) is 7.02. The number of hydrogen-bond acceptors (Lipinski definition) is 7. The van der Waals surface area contributed by atoms with Gasteiger partial charge in [0.15, 0.2) is 11.6 Å². The lowest BCUT2D eigenvalue weighted by atomic mass is 10.1. The second-order valence-corrected chi connectivity index (χ2v) is 9.35. The molecule has 1 saturated heterocycles. The van der Waals surface area contributed by atoms with Crippen LogP contribution in [0, 0.1) is 30.3 Å². The maximum atomic E-state index is 14.1. The van der Waals surface area contributed by atoms with Crippen LogP contribution < -0.4 is 27.2 Å². The van der Waals surface area contributed by atoms with Crippen LogP contribution >= 0.6 is 0 Å². The van der Waals surface area contributed by atoms with Crippen LogP contribution in [0.5, 0.6) is 0 Å². The molecule has 1 fully saturated rings. The predicted octanol–water partition coefficient (Wildman–Crippen LogP) is 3.41. The molecule has 0 saturated carbocycles. The summed E-state index contributed by atoms with van der Waals surface area (Å²) in [5.41, 5.74) is 12.8. The lowest BCUT2D eigenvalue weighted by molar-refractivity contribution is -0.105. The Hall–Kier alpha value is -4.19. The Labute approximate surface area is 224 Å². The van der Waals surface area contributed by atoms with Gasteiger partial charge in [-0.25, -0.2) is 13.2 Å². The van der Waals surface area contributed by atoms with Crippen LogP contribution in [0.2, 0.25) is 0 Å². The minimum Gasteiger partial charge on any atom is -0.396 e. The number of rotatable bonds is 7. The first-order valence-corrected chi connectivity index (χ1v) is 12.4. The molecule has 1 aliphatic heterocycles. The van der Waals surface area contributed by atoms with E-state index < -0.39 is 28.7 Å². The van der Waals surface area contributed by atoms with Gasteiger partial charge in [0.05, 0.1) is 22.8 Å². The molecule has 2 heterocycles. The molecule has 12 heteroatoms. The number of hydrogen-bond donors (Lipinski definition) is 3. The summed E-state index contributed by atoms with van der Waals surface area (Å²) in [7, 11) is 0. The van der Waals surface area contributed by atoms with E-state index in [2.05, 4.69) is 20.3 Å². The maximum Gasteiger partial charge on any atom is 0.271 e. The van der Waals surface area contributed by atoms with Crippen molar-refractivity contribution in [1.82, 2.24) is 9.78 Å². The van der Waals surface area contributed by atoms with E-state index in [1.165, 1.54) is 24.3 Å². The minimum absolute atomic E-state index is 0.0389. The molecule has 9 nitrogen and oxygen atoms in total.